The summed E-state index contributed by atoms with van der Waals surface area (Å²) in [6, 6.07) is 6.85. The van der Waals surface area contributed by atoms with Crippen LogP contribution in [0.3, 0.4) is 0 Å². The lowest BCUT2D eigenvalue weighted by Gasteiger charge is -2.37. The summed E-state index contributed by atoms with van der Waals surface area (Å²) in [6.07, 6.45) is 4.37. The summed E-state index contributed by atoms with van der Waals surface area (Å²) in [7, 11) is 0. The molecular formula is C17H17N5O3. The number of carbonyl (C=O) groups is 3. The van der Waals surface area contributed by atoms with Crippen LogP contribution in [0.5, 0.6) is 0 Å². The van der Waals surface area contributed by atoms with Gasteiger partial charge in [-0.05, 0) is 24.3 Å². The molecule has 0 atom stereocenters. The fourth-order valence-electron chi connectivity index (χ4n) is 2.47. The van der Waals surface area contributed by atoms with Crippen molar-refractivity contribution in [3.8, 4) is 0 Å². The number of rotatable bonds is 4. The Kier molecular flexibility index (Phi) is 4.69. The first-order valence-corrected chi connectivity index (χ1v) is 7.77. The number of aromatic nitrogens is 2. The molecule has 25 heavy (non-hydrogen) atoms. The molecule has 0 aliphatic carbocycles. The van der Waals surface area contributed by atoms with Gasteiger partial charge in [0.2, 0.25) is 11.8 Å². The van der Waals surface area contributed by atoms with Crippen LogP contribution in [0, 0.1) is 5.92 Å². The quantitative estimate of drug-likeness (QED) is 0.869. The lowest BCUT2D eigenvalue weighted by Crippen LogP contribution is -2.54. The Hall–Kier alpha value is -3.29. The van der Waals surface area contributed by atoms with E-state index in [0.717, 1.165) is 0 Å². The van der Waals surface area contributed by atoms with Crippen molar-refractivity contribution >= 4 is 29.1 Å². The minimum absolute atomic E-state index is 0.143. The molecule has 1 fully saturated rings. The standard InChI is InChI=1S/C17H17N5O3/c1-11(23)20-13-2-4-14(5-3-13)21-16(24)12-9-22(10-12)17(25)15-8-18-6-7-19-15/h2-8,12H,9-10H2,1H3,(H,20,23)(H,21,24). The molecule has 1 aromatic heterocycles. The zero-order valence-electron chi connectivity index (χ0n) is 13.6. The molecule has 2 N–H and O–H groups in total. The van der Waals surface area contributed by atoms with Crippen LogP contribution in [0.1, 0.15) is 17.4 Å². The second-order valence-corrected chi connectivity index (χ2v) is 5.75. The summed E-state index contributed by atoms with van der Waals surface area (Å²) < 4.78 is 0. The number of carbonyl (C=O) groups excluding carboxylic acids is 3. The van der Waals surface area contributed by atoms with Crippen LogP contribution < -0.4 is 10.6 Å². The van der Waals surface area contributed by atoms with E-state index < -0.39 is 0 Å². The van der Waals surface area contributed by atoms with Crippen molar-refractivity contribution in [3.05, 3.63) is 48.5 Å². The maximum absolute atomic E-state index is 12.2. The molecular weight excluding hydrogens is 322 g/mol. The van der Waals surface area contributed by atoms with Crippen molar-refractivity contribution in [2.45, 2.75) is 6.92 Å². The molecule has 1 aliphatic rings. The van der Waals surface area contributed by atoms with E-state index in [2.05, 4.69) is 20.6 Å². The lowest BCUT2D eigenvalue weighted by atomic mass is 9.98. The highest BCUT2D eigenvalue weighted by molar-refractivity contribution is 5.97. The maximum atomic E-state index is 12.2. The summed E-state index contributed by atoms with van der Waals surface area (Å²) in [5.41, 5.74) is 1.57. The largest absolute Gasteiger partial charge is 0.336 e. The molecule has 1 aromatic carbocycles. The Balaban J connectivity index is 1.50. The molecule has 0 unspecified atom stereocenters. The third kappa shape index (κ3) is 3.97. The van der Waals surface area contributed by atoms with Gasteiger partial charge in [0.05, 0.1) is 12.1 Å². The van der Waals surface area contributed by atoms with Gasteiger partial charge in [-0.3, -0.25) is 19.4 Å². The van der Waals surface area contributed by atoms with E-state index in [4.69, 9.17) is 0 Å². The van der Waals surface area contributed by atoms with Crippen molar-refractivity contribution in [2.75, 3.05) is 23.7 Å². The smallest absolute Gasteiger partial charge is 0.274 e. The van der Waals surface area contributed by atoms with E-state index in [1.807, 2.05) is 0 Å². The van der Waals surface area contributed by atoms with Crippen molar-refractivity contribution < 1.29 is 14.4 Å². The van der Waals surface area contributed by atoms with Gasteiger partial charge in [-0.2, -0.15) is 0 Å². The molecule has 1 saturated heterocycles. The predicted octanol–water partition coefficient (Wildman–Crippen LogP) is 1.15. The molecule has 8 nitrogen and oxygen atoms in total. The number of likely N-dealkylation sites (tertiary alicyclic amines) is 1. The Bertz CT molecular complexity index is 786. The summed E-state index contributed by atoms with van der Waals surface area (Å²) in [4.78, 5) is 44.7. The molecule has 3 amide bonds. The number of amides is 3. The van der Waals surface area contributed by atoms with Gasteiger partial charge >= 0.3 is 0 Å². The van der Waals surface area contributed by atoms with E-state index in [0.29, 0.717) is 24.5 Å². The molecule has 128 valence electrons. The predicted molar refractivity (Wildman–Crippen MR) is 90.8 cm³/mol. The molecule has 2 aromatic rings. The van der Waals surface area contributed by atoms with Gasteiger partial charge in [0.25, 0.3) is 5.91 Å². The molecule has 0 spiro atoms. The minimum atomic E-state index is -0.254. The average molecular weight is 339 g/mol. The Morgan fingerprint density at radius 3 is 2.24 bits per heavy atom. The third-order valence-electron chi connectivity index (χ3n) is 3.79. The lowest BCUT2D eigenvalue weighted by molar-refractivity contribution is -0.123. The van der Waals surface area contributed by atoms with Gasteiger partial charge in [-0.1, -0.05) is 0 Å². The van der Waals surface area contributed by atoms with E-state index >= 15 is 0 Å². The normalized spacial score (nSPS) is 13.7. The molecule has 8 heteroatoms. The monoisotopic (exact) mass is 339 g/mol. The first-order valence-electron chi connectivity index (χ1n) is 7.77. The van der Waals surface area contributed by atoms with Crippen LogP contribution in [-0.4, -0.2) is 45.7 Å². The highest BCUT2D eigenvalue weighted by Gasteiger charge is 2.36. The van der Waals surface area contributed by atoms with Crippen molar-refractivity contribution in [1.29, 1.82) is 0 Å². The summed E-state index contributed by atoms with van der Waals surface area (Å²) in [6.45, 7) is 2.14. The third-order valence-corrected chi connectivity index (χ3v) is 3.79. The number of benzene rings is 1. The van der Waals surface area contributed by atoms with Crippen LogP contribution in [0.15, 0.2) is 42.9 Å². The van der Waals surface area contributed by atoms with Gasteiger partial charge in [0.1, 0.15) is 5.69 Å². The number of anilines is 2. The maximum Gasteiger partial charge on any atom is 0.274 e. The van der Waals surface area contributed by atoms with Crippen LogP contribution in [0.25, 0.3) is 0 Å². The first kappa shape index (κ1) is 16.6. The fraction of sp³-hybridized carbons (Fsp3) is 0.235. The number of hydrogen-bond donors (Lipinski definition) is 2. The number of nitrogens with zero attached hydrogens (tertiary/aromatic N) is 3. The van der Waals surface area contributed by atoms with Gasteiger partial charge < -0.3 is 15.5 Å². The highest BCUT2D eigenvalue weighted by atomic mass is 16.2. The highest BCUT2D eigenvalue weighted by Crippen LogP contribution is 2.20. The molecule has 2 heterocycles. The van der Waals surface area contributed by atoms with E-state index in [1.165, 1.54) is 25.5 Å². The molecule has 1 aliphatic heterocycles. The Morgan fingerprint density at radius 2 is 1.68 bits per heavy atom. The van der Waals surface area contributed by atoms with Gasteiger partial charge in [-0.25, -0.2) is 4.98 Å². The van der Waals surface area contributed by atoms with Crippen molar-refractivity contribution in [1.82, 2.24) is 14.9 Å². The molecule has 0 radical (unpaired) electrons. The van der Waals surface area contributed by atoms with Crippen LogP contribution >= 0.6 is 0 Å². The van der Waals surface area contributed by atoms with Gasteiger partial charge in [0, 0.05) is 43.8 Å². The van der Waals surface area contributed by atoms with Gasteiger partial charge in [0.15, 0.2) is 0 Å². The van der Waals surface area contributed by atoms with E-state index in [9.17, 15) is 14.4 Å². The molecule has 0 saturated carbocycles. The fourth-order valence-corrected chi connectivity index (χ4v) is 2.47. The van der Waals surface area contributed by atoms with Crippen molar-refractivity contribution in [3.63, 3.8) is 0 Å². The molecule has 0 bridgehead atoms. The topological polar surface area (TPSA) is 104 Å². The van der Waals surface area contributed by atoms with Crippen LogP contribution in [-0.2, 0) is 9.59 Å². The first-order chi connectivity index (χ1) is 12.0. The average Bonchev–Trinajstić information content (AvgIpc) is 2.55. The zero-order chi connectivity index (χ0) is 17.8. The summed E-state index contributed by atoms with van der Waals surface area (Å²) >= 11 is 0. The second kappa shape index (κ2) is 7.08. The molecule has 3 rings (SSSR count). The Morgan fingerprint density at radius 1 is 1.04 bits per heavy atom. The number of hydrogen-bond acceptors (Lipinski definition) is 5. The van der Waals surface area contributed by atoms with Gasteiger partial charge in [-0.15, -0.1) is 0 Å². The SMILES string of the molecule is CC(=O)Nc1ccc(NC(=O)C2CN(C(=O)c3cnccn3)C2)cc1. The van der Waals surface area contributed by atoms with Crippen LogP contribution in [0.2, 0.25) is 0 Å². The van der Waals surface area contributed by atoms with Crippen molar-refractivity contribution in [2.24, 2.45) is 5.92 Å². The number of nitrogens with one attached hydrogen (secondary N) is 2. The second-order valence-electron chi connectivity index (χ2n) is 5.75. The van der Waals surface area contributed by atoms with E-state index in [1.54, 1.807) is 29.2 Å². The summed E-state index contributed by atoms with van der Waals surface area (Å²) in [5, 5.41) is 5.46. The zero-order valence-corrected chi connectivity index (χ0v) is 13.6. The van der Waals surface area contributed by atoms with E-state index in [-0.39, 0.29) is 29.3 Å². The Labute approximate surface area is 144 Å². The minimum Gasteiger partial charge on any atom is -0.336 e. The summed E-state index contributed by atoms with van der Waals surface area (Å²) in [5.74, 6) is -0.776. The van der Waals surface area contributed by atoms with Crippen LogP contribution in [0.4, 0.5) is 11.4 Å².